The molecule has 1 atom stereocenters. The van der Waals surface area contributed by atoms with E-state index >= 15 is 0 Å². The van der Waals surface area contributed by atoms with Crippen LogP contribution in [-0.2, 0) is 26.2 Å². The third kappa shape index (κ3) is 8.16. The van der Waals surface area contributed by atoms with Crippen LogP contribution in [-0.4, -0.2) is 44.3 Å². The molecule has 0 saturated carbocycles. The van der Waals surface area contributed by atoms with Crippen LogP contribution in [0.25, 0.3) is 0 Å². The lowest BCUT2D eigenvalue weighted by Crippen LogP contribution is -2.52. The number of aryl methyl sites for hydroxylation is 2. The first-order valence-electron chi connectivity index (χ1n) is 13.3. The molecule has 0 aliphatic heterocycles. The summed E-state index contributed by atoms with van der Waals surface area (Å²) >= 11 is 18.4. The highest BCUT2D eigenvalue weighted by molar-refractivity contribution is 7.92. The van der Waals surface area contributed by atoms with Crippen molar-refractivity contribution in [2.75, 3.05) is 17.4 Å². The molecular weight excluding hydrogens is 605 g/mol. The van der Waals surface area contributed by atoms with E-state index in [0.29, 0.717) is 39.3 Å². The van der Waals surface area contributed by atoms with Gasteiger partial charge in [0.15, 0.2) is 0 Å². The highest BCUT2D eigenvalue weighted by atomic mass is 35.5. The average Bonchev–Trinajstić information content (AvgIpc) is 2.94. The summed E-state index contributed by atoms with van der Waals surface area (Å²) in [6, 6.07) is 15.1. The topological polar surface area (TPSA) is 86.8 Å². The molecule has 0 unspecified atom stereocenters. The number of sulfonamides is 1. The van der Waals surface area contributed by atoms with E-state index in [1.807, 2.05) is 20.8 Å². The minimum atomic E-state index is -4.19. The van der Waals surface area contributed by atoms with Gasteiger partial charge in [0.05, 0.1) is 20.6 Å². The van der Waals surface area contributed by atoms with Crippen LogP contribution in [0.3, 0.4) is 0 Å². The molecule has 7 nitrogen and oxygen atoms in total. The van der Waals surface area contributed by atoms with Crippen LogP contribution in [0.2, 0.25) is 15.1 Å². The highest BCUT2D eigenvalue weighted by Gasteiger charge is 2.33. The molecule has 0 radical (unpaired) electrons. The Morgan fingerprint density at radius 2 is 1.56 bits per heavy atom. The molecule has 3 aromatic carbocycles. The van der Waals surface area contributed by atoms with E-state index in [-0.39, 0.29) is 17.3 Å². The van der Waals surface area contributed by atoms with Gasteiger partial charge in [-0.3, -0.25) is 13.9 Å². The highest BCUT2D eigenvalue weighted by Crippen LogP contribution is 2.28. The third-order valence-corrected chi connectivity index (χ3v) is 9.51. The monoisotopic (exact) mass is 637 g/mol. The number of nitrogens with zero attached hydrogens (tertiary/aromatic N) is 2. The Balaban J connectivity index is 2.09. The Labute approximate surface area is 257 Å². The van der Waals surface area contributed by atoms with Gasteiger partial charge in [-0.2, -0.15) is 0 Å². The number of rotatable bonds is 12. The number of halogens is 3. The molecule has 2 amide bonds. The Morgan fingerprint density at radius 1 is 0.878 bits per heavy atom. The Bertz CT molecular complexity index is 1500. The van der Waals surface area contributed by atoms with Gasteiger partial charge < -0.3 is 10.2 Å². The first-order chi connectivity index (χ1) is 19.4. The lowest BCUT2D eigenvalue weighted by Gasteiger charge is -2.33. The van der Waals surface area contributed by atoms with Crippen molar-refractivity contribution in [3.63, 3.8) is 0 Å². The number of carbonyl (C=O) groups excluding carboxylic acids is 2. The number of nitrogens with one attached hydrogen (secondary N) is 1. The maximum absolute atomic E-state index is 14.1. The van der Waals surface area contributed by atoms with Crippen molar-refractivity contribution in [3.8, 4) is 0 Å². The summed E-state index contributed by atoms with van der Waals surface area (Å²) < 4.78 is 29.0. The van der Waals surface area contributed by atoms with Crippen molar-refractivity contribution in [1.29, 1.82) is 0 Å². The molecule has 0 heterocycles. The van der Waals surface area contributed by atoms with Gasteiger partial charge in [-0.15, -0.1) is 0 Å². The minimum Gasteiger partial charge on any atom is -0.354 e. The summed E-state index contributed by atoms with van der Waals surface area (Å²) in [7, 11) is -4.19. The number of carbonyl (C=O) groups is 2. The molecule has 0 bridgehead atoms. The molecule has 41 heavy (non-hydrogen) atoms. The lowest BCUT2D eigenvalue weighted by atomic mass is 10.1. The molecule has 0 fully saturated rings. The van der Waals surface area contributed by atoms with Gasteiger partial charge in [-0.1, -0.05) is 60.8 Å². The van der Waals surface area contributed by atoms with Gasteiger partial charge in [0.1, 0.15) is 12.6 Å². The number of amides is 2. The van der Waals surface area contributed by atoms with Crippen molar-refractivity contribution in [3.05, 3.63) is 92.4 Å². The van der Waals surface area contributed by atoms with Crippen LogP contribution in [0, 0.1) is 13.8 Å². The number of benzene rings is 3. The Kier molecular flexibility index (Phi) is 11.5. The Morgan fingerprint density at radius 3 is 2.15 bits per heavy atom. The van der Waals surface area contributed by atoms with Crippen molar-refractivity contribution in [2.24, 2.45) is 0 Å². The predicted molar refractivity (Wildman–Crippen MR) is 166 cm³/mol. The van der Waals surface area contributed by atoms with Crippen molar-refractivity contribution < 1.29 is 18.0 Å². The molecule has 0 aliphatic carbocycles. The quantitative estimate of drug-likeness (QED) is 0.237. The maximum Gasteiger partial charge on any atom is 0.264 e. The summed E-state index contributed by atoms with van der Waals surface area (Å²) in [6.45, 7) is 7.46. The van der Waals surface area contributed by atoms with Crippen LogP contribution in [0.4, 0.5) is 5.69 Å². The molecule has 11 heteroatoms. The van der Waals surface area contributed by atoms with Crippen LogP contribution >= 0.6 is 34.8 Å². The zero-order valence-electron chi connectivity index (χ0n) is 23.5. The second-order valence-corrected chi connectivity index (χ2v) is 12.8. The number of hydrogen-bond donors (Lipinski definition) is 1. The number of hydrogen-bond acceptors (Lipinski definition) is 4. The normalized spacial score (nSPS) is 12.1. The average molecular weight is 639 g/mol. The minimum absolute atomic E-state index is 0.0170. The largest absolute Gasteiger partial charge is 0.354 e. The summed E-state index contributed by atoms with van der Waals surface area (Å²) in [5, 5.41) is 3.91. The van der Waals surface area contributed by atoms with E-state index < -0.39 is 28.5 Å². The SMILES string of the molecule is CCCNC(=O)[C@H](CC)N(Cc1ccc(Cl)c(Cl)c1)C(=O)CN(c1ccc(C)c(C)c1)S(=O)(=O)c1ccc(Cl)cc1. The molecule has 0 aliphatic rings. The van der Waals surface area contributed by atoms with Crippen molar-refractivity contribution in [2.45, 2.75) is 58.0 Å². The van der Waals surface area contributed by atoms with Gasteiger partial charge in [0, 0.05) is 18.1 Å². The van der Waals surface area contributed by atoms with Crippen LogP contribution in [0.1, 0.15) is 43.4 Å². The fourth-order valence-electron chi connectivity index (χ4n) is 4.26. The molecule has 3 rings (SSSR count). The second kappa shape index (κ2) is 14.4. The summed E-state index contributed by atoms with van der Waals surface area (Å²) in [5.41, 5.74) is 2.82. The van der Waals surface area contributed by atoms with E-state index in [0.717, 1.165) is 21.9 Å². The van der Waals surface area contributed by atoms with Gasteiger partial charge in [0.2, 0.25) is 11.8 Å². The van der Waals surface area contributed by atoms with E-state index in [4.69, 9.17) is 34.8 Å². The molecule has 0 aromatic heterocycles. The first-order valence-corrected chi connectivity index (χ1v) is 15.8. The van der Waals surface area contributed by atoms with E-state index in [1.165, 1.54) is 29.2 Å². The second-order valence-electron chi connectivity index (χ2n) is 9.72. The van der Waals surface area contributed by atoms with E-state index in [2.05, 4.69) is 5.32 Å². The Hall–Kier alpha value is -2.78. The van der Waals surface area contributed by atoms with Gasteiger partial charge in [-0.05, 0) is 91.9 Å². The third-order valence-electron chi connectivity index (χ3n) is 6.73. The smallest absolute Gasteiger partial charge is 0.264 e. The standard InChI is InChI=1S/C30H34Cl3N3O4S/c1-5-15-34-30(38)28(6-2)35(18-22-8-14-26(32)27(33)17-22)29(37)19-36(24-11-7-20(3)21(4)16-24)41(39,40)25-12-9-23(31)10-13-25/h7-14,16-17,28H,5-6,15,18-19H2,1-4H3,(H,34,38)/t28-/m0/s1. The fraction of sp³-hybridized carbons (Fsp3) is 0.333. The molecule has 1 N–H and O–H groups in total. The van der Waals surface area contributed by atoms with E-state index in [1.54, 1.807) is 43.3 Å². The zero-order valence-corrected chi connectivity index (χ0v) is 26.5. The maximum atomic E-state index is 14.1. The van der Waals surface area contributed by atoms with Crippen LogP contribution < -0.4 is 9.62 Å². The van der Waals surface area contributed by atoms with Crippen molar-refractivity contribution in [1.82, 2.24) is 10.2 Å². The summed E-state index contributed by atoms with van der Waals surface area (Å²) in [6.07, 6.45) is 1.04. The zero-order chi connectivity index (χ0) is 30.3. The molecule has 0 spiro atoms. The summed E-state index contributed by atoms with van der Waals surface area (Å²) in [4.78, 5) is 28.7. The molecule has 0 saturated heterocycles. The molecule has 220 valence electrons. The van der Waals surface area contributed by atoms with Crippen LogP contribution in [0.5, 0.6) is 0 Å². The van der Waals surface area contributed by atoms with Gasteiger partial charge >= 0.3 is 0 Å². The summed E-state index contributed by atoms with van der Waals surface area (Å²) in [5.74, 6) is -0.869. The molecular formula is C30H34Cl3N3O4S. The lowest BCUT2D eigenvalue weighted by molar-refractivity contribution is -0.140. The fourth-order valence-corrected chi connectivity index (χ4v) is 6.12. The van der Waals surface area contributed by atoms with Crippen LogP contribution in [0.15, 0.2) is 65.6 Å². The van der Waals surface area contributed by atoms with Gasteiger partial charge in [0.25, 0.3) is 10.0 Å². The van der Waals surface area contributed by atoms with E-state index in [9.17, 15) is 18.0 Å². The predicted octanol–water partition coefficient (Wildman–Crippen LogP) is 6.79. The van der Waals surface area contributed by atoms with Crippen molar-refractivity contribution >= 4 is 62.3 Å². The van der Waals surface area contributed by atoms with Gasteiger partial charge in [-0.25, -0.2) is 8.42 Å². The first kappa shape index (κ1) is 32.7. The molecule has 3 aromatic rings. The number of anilines is 1.